The van der Waals surface area contributed by atoms with Gasteiger partial charge in [0.15, 0.2) is 0 Å². The highest BCUT2D eigenvalue weighted by atomic mass is 32.1. The van der Waals surface area contributed by atoms with Crippen LogP contribution in [0.4, 0.5) is 0 Å². The molecule has 2 aromatic rings. The Kier molecular flexibility index (Phi) is 2.78. The predicted octanol–water partition coefficient (Wildman–Crippen LogP) is 2.16. The minimum absolute atomic E-state index is 0.364. The summed E-state index contributed by atoms with van der Waals surface area (Å²) in [5.74, 6) is 0.812. The van der Waals surface area contributed by atoms with Gasteiger partial charge in [-0.15, -0.1) is 5.10 Å². The lowest BCUT2D eigenvalue weighted by Gasteiger charge is -2.10. The van der Waals surface area contributed by atoms with Crippen molar-refractivity contribution in [2.75, 3.05) is 0 Å². The molecule has 4 nitrogen and oxygen atoms in total. The largest absolute Gasteiger partial charge is 0.490 e. The lowest BCUT2D eigenvalue weighted by molar-refractivity contribution is 0.214. The minimum atomic E-state index is -0.725. The molecule has 1 saturated carbocycles. The third-order valence-electron chi connectivity index (χ3n) is 2.66. The van der Waals surface area contributed by atoms with Gasteiger partial charge < -0.3 is 9.84 Å². The Labute approximate surface area is 103 Å². The monoisotopic (exact) mass is 248 g/mol. The first-order chi connectivity index (χ1) is 8.33. The van der Waals surface area contributed by atoms with Crippen LogP contribution >= 0.6 is 11.5 Å². The second kappa shape index (κ2) is 4.43. The summed E-state index contributed by atoms with van der Waals surface area (Å²) in [5.41, 5.74) is 1.37. The molecular formula is C12H12N2O2S. The van der Waals surface area contributed by atoms with E-state index in [1.165, 1.54) is 11.5 Å². The van der Waals surface area contributed by atoms with Crippen LogP contribution in [0.1, 0.15) is 30.2 Å². The Balaban J connectivity index is 1.81. The SMILES string of the molecule is OC(c1cccc(OC2CC2)c1)c1csnn1. The molecule has 0 bridgehead atoms. The van der Waals surface area contributed by atoms with Crippen LogP contribution in [0, 0.1) is 0 Å². The number of benzene rings is 1. The molecule has 0 amide bonds. The second-order valence-electron chi connectivity index (χ2n) is 4.12. The van der Waals surface area contributed by atoms with E-state index >= 15 is 0 Å². The van der Waals surface area contributed by atoms with Gasteiger partial charge in [0, 0.05) is 5.38 Å². The zero-order valence-electron chi connectivity index (χ0n) is 9.11. The van der Waals surface area contributed by atoms with Crippen molar-refractivity contribution in [1.29, 1.82) is 0 Å². The van der Waals surface area contributed by atoms with Crippen molar-refractivity contribution in [3.05, 3.63) is 40.9 Å². The first-order valence-electron chi connectivity index (χ1n) is 5.54. The molecule has 0 aliphatic heterocycles. The van der Waals surface area contributed by atoms with E-state index in [9.17, 15) is 5.11 Å². The third kappa shape index (κ3) is 2.45. The minimum Gasteiger partial charge on any atom is -0.490 e. The molecule has 1 aliphatic rings. The van der Waals surface area contributed by atoms with Crippen LogP contribution in [0.3, 0.4) is 0 Å². The van der Waals surface area contributed by atoms with Crippen LogP contribution in [0.25, 0.3) is 0 Å². The second-order valence-corrected chi connectivity index (χ2v) is 4.73. The Morgan fingerprint density at radius 2 is 2.29 bits per heavy atom. The van der Waals surface area contributed by atoms with Gasteiger partial charge in [-0.2, -0.15) is 0 Å². The van der Waals surface area contributed by atoms with E-state index in [2.05, 4.69) is 9.59 Å². The molecule has 1 aromatic heterocycles. The van der Waals surface area contributed by atoms with Crippen LogP contribution < -0.4 is 4.74 Å². The summed E-state index contributed by atoms with van der Waals surface area (Å²) in [6.07, 6.45) is 1.89. The van der Waals surface area contributed by atoms with Crippen LogP contribution in [0.15, 0.2) is 29.6 Å². The van der Waals surface area contributed by atoms with E-state index in [1.807, 2.05) is 24.3 Å². The summed E-state index contributed by atoms with van der Waals surface area (Å²) in [7, 11) is 0. The molecule has 17 heavy (non-hydrogen) atoms. The average Bonchev–Trinajstić information content (AvgIpc) is 2.99. The van der Waals surface area contributed by atoms with Gasteiger partial charge in [-0.1, -0.05) is 16.6 Å². The van der Waals surface area contributed by atoms with E-state index in [0.29, 0.717) is 11.8 Å². The highest BCUT2D eigenvalue weighted by molar-refractivity contribution is 7.03. The molecular weight excluding hydrogens is 236 g/mol. The Bertz CT molecular complexity index is 497. The van der Waals surface area contributed by atoms with E-state index in [1.54, 1.807) is 5.38 Å². The maximum absolute atomic E-state index is 10.1. The van der Waals surface area contributed by atoms with Crippen molar-refractivity contribution in [2.24, 2.45) is 0 Å². The summed E-state index contributed by atoms with van der Waals surface area (Å²) < 4.78 is 9.44. The number of rotatable bonds is 4. The molecule has 0 radical (unpaired) electrons. The molecule has 1 unspecified atom stereocenters. The van der Waals surface area contributed by atoms with Crippen LogP contribution in [-0.4, -0.2) is 20.8 Å². The summed E-state index contributed by atoms with van der Waals surface area (Å²) in [6, 6.07) is 7.52. The summed E-state index contributed by atoms with van der Waals surface area (Å²) in [6.45, 7) is 0. The Hall–Kier alpha value is -1.46. The van der Waals surface area contributed by atoms with Crippen LogP contribution in [0.5, 0.6) is 5.75 Å². The highest BCUT2D eigenvalue weighted by Crippen LogP contribution is 2.29. The lowest BCUT2D eigenvalue weighted by atomic mass is 10.1. The number of aromatic nitrogens is 2. The van der Waals surface area contributed by atoms with E-state index in [-0.39, 0.29) is 0 Å². The molecule has 1 atom stereocenters. The van der Waals surface area contributed by atoms with Crippen LogP contribution in [-0.2, 0) is 0 Å². The highest BCUT2D eigenvalue weighted by Gasteiger charge is 2.23. The van der Waals surface area contributed by atoms with Gasteiger partial charge in [0.05, 0.1) is 6.10 Å². The topological polar surface area (TPSA) is 55.2 Å². The van der Waals surface area contributed by atoms with Gasteiger partial charge in [-0.05, 0) is 42.1 Å². The fraction of sp³-hybridized carbons (Fsp3) is 0.333. The molecule has 1 heterocycles. The number of nitrogens with zero attached hydrogens (tertiary/aromatic N) is 2. The average molecular weight is 248 g/mol. The van der Waals surface area contributed by atoms with Gasteiger partial charge in [0.2, 0.25) is 0 Å². The first-order valence-corrected chi connectivity index (χ1v) is 6.38. The molecule has 0 spiro atoms. The number of hydrogen-bond donors (Lipinski definition) is 1. The van der Waals surface area contributed by atoms with Crippen molar-refractivity contribution < 1.29 is 9.84 Å². The smallest absolute Gasteiger partial charge is 0.124 e. The Morgan fingerprint density at radius 3 is 3.00 bits per heavy atom. The zero-order valence-corrected chi connectivity index (χ0v) is 9.93. The van der Waals surface area contributed by atoms with Crippen LogP contribution in [0.2, 0.25) is 0 Å². The summed E-state index contributed by atoms with van der Waals surface area (Å²) >= 11 is 1.24. The van der Waals surface area contributed by atoms with Crippen molar-refractivity contribution in [3.63, 3.8) is 0 Å². The lowest BCUT2D eigenvalue weighted by Crippen LogP contribution is -2.02. The van der Waals surface area contributed by atoms with Gasteiger partial charge >= 0.3 is 0 Å². The number of aliphatic hydroxyl groups excluding tert-OH is 1. The van der Waals surface area contributed by atoms with Crippen molar-refractivity contribution in [3.8, 4) is 5.75 Å². The van der Waals surface area contributed by atoms with Crippen molar-refractivity contribution >= 4 is 11.5 Å². The van der Waals surface area contributed by atoms with Gasteiger partial charge in [-0.3, -0.25) is 0 Å². The molecule has 1 fully saturated rings. The van der Waals surface area contributed by atoms with E-state index < -0.39 is 6.10 Å². The fourth-order valence-electron chi connectivity index (χ4n) is 1.60. The van der Waals surface area contributed by atoms with Gasteiger partial charge in [0.1, 0.15) is 17.5 Å². The van der Waals surface area contributed by atoms with Gasteiger partial charge in [0.25, 0.3) is 0 Å². The van der Waals surface area contributed by atoms with Crippen molar-refractivity contribution in [2.45, 2.75) is 25.0 Å². The number of hydrogen-bond acceptors (Lipinski definition) is 5. The molecule has 1 aliphatic carbocycles. The summed E-state index contributed by atoms with van der Waals surface area (Å²) in [4.78, 5) is 0. The first kappa shape index (κ1) is 10.7. The molecule has 5 heteroatoms. The fourth-order valence-corrected chi connectivity index (χ4v) is 2.07. The van der Waals surface area contributed by atoms with E-state index in [4.69, 9.17) is 4.74 Å². The maximum Gasteiger partial charge on any atom is 0.124 e. The molecule has 3 rings (SSSR count). The third-order valence-corrected chi connectivity index (χ3v) is 3.18. The molecule has 1 aromatic carbocycles. The number of ether oxygens (including phenoxy) is 1. The molecule has 88 valence electrons. The standard InChI is InChI=1S/C12H12N2O2S/c15-12(11-7-17-14-13-11)8-2-1-3-10(6-8)16-9-4-5-9/h1-3,6-7,9,12,15H,4-5H2. The van der Waals surface area contributed by atoms with Gasteiger partial charge in [-0.25, -0.2) is 0 Å². The summed E-state index contributed by atoms with van der Waals surface area (Å²) in [5, 5.41) is 15.7. The normalized spacial score (nSPS) is 16.8. The molecule has 0 saturated heterocycles. The van der Waals surface area contributed by atoms with E-state index in [0.717, 1.165) is 24.2 Å². The quantitative estimate of drug-likeness (QED) is 0.900. The predicted molar refractivity (Wildman–Crippen MR) is 64.1 cm³/mol. The number of aliphatic hydroxyl groups is 1. The maximum atomic E-state index is 10.1. The zero-order chi connectivity index (χ0) is 11.7. The molecule has 1 N–H and O–H groups in total. The van der Waals surface area contributed by atoms with Crippen molar-refractivity contribution in [1.82, 2.24) is 9.59 Å². The Morgan fingerprint density at radius 1 is 1.41 bits per heavy atom.